The minimum atomic E-state index is 0.503. The van der Waals surface area contributed by atoms with Gasteiger partial charge in [0.25, 0.3) is 0 Å². The summed E-state index contributed by atoms with van der Waals surface area (Å²) in [6.45, 7) is 3.26. The van der Waals surface area contributed by atoms with E-state index in [0.29, 0.717) is 24.5 Å². The van der Waals surface area contributed by atoms with Gasteiger partial charge in [-0.25, -0.2) is 0 Å². The Morgan fingerprint density at radius 2 is 2.12 bits per heavy atom. The van der Waals surface area contributed by atoms with Crippen molar-refractivity contribution in [2.24, 2.45) is 5.92 Å². The molecule has 2 aliphatic rings. The molecule has 1 aliphatic carbocycles. The molecular weight excluding hydrogens is 302 g/mol. The molecule has 0 bridgehead atoms. The van der Waals surface area contributed by atoms with E-state index < -0.39 is 0 Å². The van der Waals surface area contributed by atoms with Gasteiger partial charge in [0, 0.05) is 24.6 Å². The van der Waals surface area contributed by atoms with E-state index in [4.69, 9.17) is 9.47 Å². The van der Waals surface area contributed by atoms with Crippen molar-refractivity contribution in [3.63, 3.8) is 0 Å². The monoisotopic (exact) mass is 325 g/mol. The van der Waals surface area contributed by atoms with E-state index in [0.717, 1.165) is 31.1 Å². The molecule has 0 radical (unpaired) electrons. The summed E-state index contributed by atoms with van der Waals surface area (Å²) in [6, 6.07) is 6.62. The van der Waals surface area contributed by atoms with E-state index in [9.17, 15) is 0 Å². The molecule has 1 saturated heterocycles. The number of ether oxygens (including phenoxy) is 2. The Hall–Kier alpha value is -1.98. The number of aromatic nitrogens is 2. The van der Waals surface area contributed by atoms with Gasteiger partial charge < -0.3 is 14.8 Å². The van der Waals surface area contributed by atoms with Crippen LogP contribution in [0.3, 0.4) is 0 Å². The molecule has 3 heterocycles. The third-order valence-corrected chi connectivity index (χ3v) is 4.79. The van der Waals surface area contributed by atoms with Crippen molar-refractivity contribution < 1.29 is 9.47 Å². The van der Waals surface area contributed by atoms with Crippen LogP contribution in [-0.4, -0.2) is 35.8 Å². The van der Waals surface area contributed by atoms with Gasteiger partial charge in [-0.2, -0.15) is 0 Å². The number of pyridine rings is 2. The van der Waals surface area contributed by atoms with Crippen LogP contribution in [0.4, 0.5) is 0 Å². The Morgan fingerprint density at radius 1 is 1.17 bits per heavy atom. The second-order valence-corrected chi connectivity index (χ2v) is 6.68. The molecular formula is C19H23N3O2. The van der Waals surface area contributed by atoms with Crippen LogP contribution in [0.1, 0.15) is 29.9 Å². The van der Waals surface area contributed by atoms with Crippen molar-refractivity contribution in [1.29, 1.82) is 0 Å². The van der Waals surface area contributed by atoms with Gasteiger partial charge in [-0.3, -0.25) is 9.97 Å². The maximum Gasteiger partial charge on any atom is 0.137 e. The molecule has 1 aliphatic heterocycles. The van der Waals surface area contributed by atoms with Gasteiger partial charge in [0.15, 0.2) is 0 Å². The smallest absolute Gasteiger partial charge is 0.137 e. The van der Waals surface area contributed by atoms with Crippen LogP contribution in [0.2, 0.25) is 0 Å². The Labute approximate surface area is 142 Å². The minimum Gasteiger partial charge on any atom is -0.490 e. The second kappa shape index (κ2) is 7.28. The van der Waals surface area contributed by atoms with Gasteiger partial charge in [0.05, 0.1) is 19.4 Å². The third-order valence-electron chi connectivity index (χ3n) is 4.79. The summed E-state index contributed by atoms with van der Waals surface area (Å²) in [7, 11) is 0. The Balaban J connectivity index is 1.23. The van der Waals surface area contributed by atoms with E-state index >= 15 is 0 Å². The highest BCUT2D eigenvalue weighted by Gasteiger charge is 2.38. The van der Waals surface area contributed by atoms with Crippen molar-refractivity contribution in [3.05, 3.63) is 54.1 Å². The molecule has 0 aromatic carbocycles. The molecule has 2 aromatic rings. The molecule has 3 unspecified atom stereocenters. The van der Waals surface area contributed by atoms with Crippen molar-refractivity contribution in [1.82, 2.24) is 15.3 Å². The highest BCUT2D eigenvalue weighted by atomic mass is 16.5. The fourth-order valence-electron chi connectivity index (χ4n) is 3.06. The molecule has 2 fully saturated rings. The molecule has 1 saturated carbocycles. The van der Waals surface area contributed by atoms with E-state index in [1.54, 1.807) is 12.4 Å². The fraction of sp³-hybridized carbons (Fsp3) is 0.474. The number of hydrogen-bond donors (Lipinski definition) is 1. The lowest BCUT2D eigenvalue weighted by Gasteiger charge is -2.27. The van der Waals surface area contributed by atoms with Gasteiger partial charge in [0.2, 0.25) is 0 Å². The predicted octanol–water partition coefficient (Wildman–Crippen LogP) is 2.54. The summed E-state index contributed by atoms with van der Waals surface area (Å²) in [5.74, 6) is 2.02. The van der Waals surface area contributed by atoms with E-state index in [1.165, 1.54) is 18.4 Å². The first-order chi connectivity index (χ1) is 11.9. The number of hydrogen-bond acceptors (Lipinski definition) is 5. The summed E-state index contributed by atoms with van der Waals surface area (Å²) in [5.41, 5.74) is 2.39. The summed E-state index contributed by atoms with van der Waals surface area (Å²) in [6.07, 6.45) is 9.77. The molecule has 5 heteroatoms. The third kappa shape index (κ3) is 3.91. The lowest BCUT2D eigenvalue weighted by Crippen LogP contribution is -2.46. The standard InChI is InChI=1S/C19H23N3O2/c1-2-14(8-20-4-1)11-23-12-16-7-19(16)15-6-18(10-21-9-15)24-13-17-3-5-22-17/h1-2,4,6,8-10,16-17,19,22H,3,5,7,11-13H2. The van der Waals surface area contributed by atoms with Gasteiger partial charge >= 0.3 is 0 Å². The number of nitrogens with zero attached hydrogens (tertiary/aromatic N) is 2. The SMILES string of the molecule is c1cncc(COCC2CC2c2cncc(OCC3CCN3)c2)c1. The lowest BCUT2D eigenvalue weighted by molar-refractivity contribution is 0.110. The fourth-order valence-corrected chi connectivity index (χ4v) is 3.06. The average molecular weight is 325 g/mol. The normalized spacial score (nSPS) is 25.1. The summed E-state index contributed by atoms with van der Waals surface area (Å²) in [4.78, 5) is 8.44. The first-order valence-electron chi connectivity index (χ1n) is 8.66. The lowest BCUT2D eigenvalue weighted by atomic mass is 10.1. The number of nitrogens with one attached hydrogen (secondary N) is 1. The number of rotatable bonds is 8. The molecule has 1 N–H and O–H groups in total. The van der Waals surface area contributed by atoms with Crippen molar-refractivity contribution in [2.45, 2.75) is 31.4 Å². The van der Waals surface area contributed by atoms with Crippen LogP contribution in [0.5, 0.6) is 5.75 Å². The van der Waals surface area contributed by atoms with Crippen LogP contribution in [0, 0.1) is 5.92 Å². The van der Waals surface area contributed by atoms with Crippen LogP contribution < -0.4 is 10.1 Å². The molecule has 0 spiro atoms. The van der Waals surface area contributed by atoms with Crippen LogP contribution >= 0.6 is 0 Å². The van der Waals surface area contributed by atoms with Gasteiger partial charge in [-0.05, 0) is 54.5 Å². The highest BCUT2D eigenvalue weighted by molar-refractivity contribution is 5.30. The largest absolute Gasteiger partial charge is 0.490 e. The van der Waals surface area contributed by atoms with Gasteiger partial charge in [0.1, 0.15) is 12.4 Å². The maximum atomic E-state index is 5.84. The van der Waals surface area contributed by atoms with Gasteiger partial charge in [-0.15, -0.1) is 0 Å². The topological polar surface area (TPSA) is 56.3 Å². The Bertz CT molecular complexity index is 661. The first-order valence-corrected chi connectivity index (χ1v) is 8.66. The highest BCUT2D eigenvalue weighted by Crippen LogP contribution is 2.47. The predicted molar refractivity (Wildman–Crippen MR) is 90.9 cm³/mol. The minimum absolute atomic E-state index is 0.503. The summed E-state index contributed by atoms with van der Waals surface area (Å²) >= 11 is 0. The summed E-state index contributed by atoms with van der Waals surface area (Å²) < 4.78 is 11.7. The van der Waals surface area contributed by atoms with Crippen LogP contribution in [0.15, 0.2) is 43.0 Å². The molecule has 5 nitrogen and oxygen atoms in total. The van der Waals surface area contributed by atoms with E-state index in [2.05, 4.69) is 21.4 Å². The molecule has 24 heavy (non-hydrogen) atoms. The van der Waals surface area contributed by atoms with Gasteiger partial charge in [-0.1, -0.05) is 6.07 Å². The zero-order chi connectivity index (χ0) is 16.2. The van der Waals surface area contributed by atoms with Crippen molar-refractivity contribution in [2.75, 3.05) is 19.8 Å². The Kier molecular flexibility index (Phi) is 4.71. The molecule has 3 atom stereocenters. The van der Waals surface area contributed by atoms with Crippen LogP contribution in [-0.2, 0) is 11.3 Å². The summed E-state index contributed by atoms with van der Waals surface area (Å²) in [5, 5.41) is 3.34. The molecule has 2 aromatic heterocycles. The molecule has 4 rings (SSSR count). The molecule has 126 valence electrons. The molecule has 0 amide bonds. The Morgan fingerprint density at radius 3 is 2.92 bits per heavy atom. The van der Waals surface area contributed by atoms with Crippen molar-refractivity contribution in [3.8, 4) is 5.75 Å². The van der Waals surface area contributed by atoms with Crippen LogP contribution in [0.25, 0.3) is 0 Å². The maximum absolute atomic E-state index is 5.84. The quantitative estimate of drug-likeness (QED) is 0.808. The zero-order valence-corrected chi connectivity index (χ0v) is 13.7. The zero-order valence-electron chi connectivity index (χ0n) is 13.7. The second-order valence-electron chi connectivity index (χ2n) is 6.68. The van der Waals surface area contributed by atoms with Crippen molar-refractivity contribution >= 4 is 0 Å². The van der Waals surface area contributed by atoms with E-state index in [1.807, 2.05) is 24.5 Å². The average Bonchev–Trinajstić information content (AvgIpc) is 3.34. The van der Waals surface area contributed by atoms with E-state index in [-0.39, 0.29) is 0 Å². The first kappa shape index (κ1) is 15.5.